The van der Waals surface area contributed by atoms with E-state index in [1.165, 1.54) is 13.8 Å². The number of nitrogens with zero attached hydrogens (tertiary/aromatic N) is 2. The Morgan fingerprint density at radius 2 is 1.36 bits per heavy atom. The smallest absolute Gasteiger partial charge is 0.278 e. The molecule has 39 heavy (non-hydrogen) atoms. The van der Waals surface area contributed by atoms with Crippen molar-refractivity contribution in [3.05, 3.63) is 71.8 Å². The first kappa shape index (κ1) is 35.7. The lowest BCUT2D eigenvalue weighted by Gasteiger charge is -2.23. The van der Waals surface area contributed by atoms with E-state index < -0.39 is 17.5 Å². The van der Waals surface area contributed by atoms with Crippen LogP contribution in [0, 0.1) is 0 Å². The van der Waals surface area contributed by atoms with Gasteiger partial charge in [-0.05, 0) is 38.5 Å². The Balaban J connectivity index is 0.000000331. The van der Waals surface area contributed by atoms with Gasteiger partial charge in [-0.1, -0.05) is 74.5 Å². The van der Waals surface area contributed by atoms with Gasteiger partial charge < -0.3 is 10.8 Å². The first-order valence-electron chi connectivity index (χ1n) is 13.1. The van der Waals surface area contributed by atoms with Crippen molar-refractivity contribution in [3.8, 4) is 0 Å². The first-order chi connectivity index (χ1) is 18.6. The van der Waals surface area contributed by atoms with E-state index in [9.17, 15) is 21.2 Å². The molecule has 0 saturated heterocycles. The number of aliphatic hydroxyl groups excluding tert-OH is 1. The molecule has 2 aliphatic carbocycles. The summed E-state index contributed by atoms with van der Waals surface area (Å²) in [5, 5.41) is 10.2. The van der Waals surface area contributed by atoms with Gasteiger partial charge in [0.2, 0.25) is 0 Å². The Morgan fingerprint density at radius 1 is 0.897 bits per heavy atom. The van der Waals surface area contributed by atoms with Crippen molar-refractivity contribution in [2.75, 3.05) is 18.4 Å². The summed E-state index contributed by atoms with van der Waals surface area (Å²) < 4.78 is 47.9. The maximum absolute atomic E-state index is 12.2. The minimum absolute atomic E-state index is 0.0328. The number of hydrogen-bond acceptors (Lipinski definition) is 4. The Bertz CT molecular complexity index is 873. The predicted octanol–water partition coefficient (Wildman–Crippen LogP) is 8.40. The fraction of sp³-hybridized carbons (Fsp3) is 0.536. The lowest BCUT2D eigenvalue weighted by Crippen LogP contribution is -2.24. The zero-order valence-corrected chi connectivity index (χ0v) is 24.9. The van der Waals surface area contributed by atoms with Crippen molar-refractivity contribution in [1.29, 1.82) is 0 Å². The van der Waals surface area contributed by atoms with Gasteiger partial charge in [0.05, 0.1) is 23.2 Å². The molecule has 222 valence electrons. The molecule has 0 radical (unpaired) electrons. The van der Waals surface area contributed by atoms with E-state index >= 15 is 0 Å². The van der Waals surface area contributed by atoms with Crippen LogP contribution < -0.4 is 5.73 Å². The molecule has 2 fully saturated rings. The summed E-state index contributed by atoms with van der Waals surface area (Å²) in [4.78, 5) is 4.86. The third kappa shape index (κ3) is 13.7. The van der Waals surface area contributed by atoms with E-state index in [0.29, 0.717) is 10.7 Å². The molecule has 4 rings (SSSR count). The van der Waals surface area contributed by atoms with Crippen LogP contribution in [-0.4, -0.2) is 57.9 Å². The van der Waals surface area contributed by atoms with Gasteiger partial charge in [0.25, 0.3) is 11.4 Å². The molecular weight excluding hydrogens is 573 g/mol. The molecular formula is C28H41Cl2F4N3OS. The van der Waals surface area contributed by atoms with E-state index in [1.54, 1.807) is 0 Å². The SMILES string of the molecule is CCN(CC)S(F)(F)F.ClCCl.N[C@@H]1CCC[C@@H]1F.O[C@@H]1CCC[C@H]1N=C(c1ccccc1)c1ccccc1. The Hall–Kier alpha value is -1.36. The van der Waals surface area contributed by atoms with Crippen LogP contribution in [0.1, 0.15) is 63.5 Å². The number of halogens is 6. The first-order valence-corrected chi connectivity index (χ1v) is 15.5. The lowest BCUT2D eigenvalue weighted by molar-refractivity contribution is 0.166. The molecule has 2 aromatic rings. The molecule has 0 bridgehead atoms. The molecule has 0 amide bonds. The minimum atomic E-state index is -4.93. The summed E-state index contributed by atoms with van der Waals surface area (Å²) in [6.07, 6.45) is 4.43. The number of rotatable bonds is 6. The second-order valence-electron chi connectivity index (χ2n) is 8.98. The standard InChI is InChI=1S/C18H19NO.C5H10FN.C4H10F3NS.CH2Cl2/c20-17-13-7-12-16(17)19-18(14-8-3-1-4-9-14)15-10-5-2-6-11-15;6-4-2-1-3-5(4)7;1-3-8(4-2)9(5,6)7;2-1-3/h1-6,8-11,16-17,20H,7,12-13H2;4-5H,1-3,7H2;3-4H2,1-2H3;1H2/t16-,17-;4-,5+;;/m10../s1. The van der Waals surface area contributed by atoms with Gasteiger partial charge in [-0.15, -0.1) is 34.9 Å². The van der Waals surface area contributed by atoms with Crippen LogP contribution in [-0.2, 0) is 0 Å². The van der Waals surface area contributed by atoms with E-state index in [4.69, 9.17) is 33.9 Å². The predicted molar refractivity (Wildman–Crippen MR) is 159 cm³/mol. The van der Waals surface area contributed by atoms with Crippen molar-refractivity contribution in [3.63, 3.8) is 0 Å². The third-order valence-electron chi connectivity index (χ3n) is 6.31. The van der Waals surface area contributed by atoms with Crippen LogP contribution in [0.25, 0.3) is 0 Å². The Kier molecular flexibility index (Phi) is 18.0. The second-order valence-corrected chi connectivity index (χ2v) is 11.1. The number of alkyl halides is 3. The van der Waals surface area contributed by atoms with Gasteiger partial charge in [0.1, 0.15) is 6.17 Å². The highest BCUT2D eigenvalue weighted by Gasteiger charge is 2.28. The maximum atomic E-state index is 12.2. The van der Waals surface area contributed by atoms with Crippen molar-refractivity contribution in [2.45, 2.75) is 76.7 Å². The summed E-state index contributed by atoms with van der Waals surface area (Å²) in [6, 6.07) is 20.3. The van der Waals surface area contributed by atoms with Gasteiger partial charge >= 0.3 is 0 Å². The Labute approximate surface area is 242 Å². The van der Waals surface area contributed by atoms with Crippen LogP contribution in [0.15, 0.2) is 65.7 Å². The molecule has 2 saturated carbocycles. The molecule has 0 aromatic heterocycles. The Morgan fingerprint density at radius 3 is 1.62 bits per heavy atom. The van der Waals surface area contributed by atoms with Gasteiger partial charge in [-0.25, -0.2) is 4.39 Å². The van der Waals surface area contributed by atoms with E-state index in [1.807, 2.05) is 36.4 Å². The largest absolute Gasteiger partial charge is 0.391 e. The number of aliphatic hydroxyl groups is 1. The normalized spacial score (nSPS) is 22.4. The number of nitrogens with two attached hydrogens (primary N) is 1. The van der Waals surface area contributed by atoms with Gasteiger partial charge in [0, 0.05) is 30.3 Å². The third-order valence-corrected chi connectivity index (χ3v) is 7.42. The summed E-state index contributed by atoms with van der Waals surface area (Å²) in [5.74, 6) is 0. The zero-order chi connectivity index (χ0) is 29.3. The summed E-state index contributed by atoms with van der Waals surface area (Å²) in [5.41, 5.74) is 8.50. The molecule has 0 spiro atoms. The monoisotopic (exact) mass is 613 g/mol. The van der Waals surface area contributed by atoms with Gasteiger partial charge in [-0.2, -0.15) is 4.31 Å². The van der Waals surface area contributed by atoms with Crippen molar-refractivity contribution in [1.82, 2.24) is 4.31 Å². The van der Waals surface area contributed by atoms with Crippen LogP contribution in [0.3, 0.4) is 0 Å². The molecule has 11 heteroatoms. The minimum Gasteiger partial charge on any atom is -0.391 e. The molecule has 3 N–H and O–H groups in total. The van der Waals surface area contributed by atoms with Gasteiger partial charge in [0.15, 0.2) is 0 Å². The fourth-order valence-corrected chi connectivity index (χ4v) is 4.79. The number of hydrogen-bond donors (Lipinski definition) is 2. The second kappa shape index (κ2) is 19.7. The van der Waals surface area contributed by atoms with Crippen molar-refractivity contribution < 1.29 is 21.2 Å². The fourth-order valence-electron chi connectivity index (χ4n) is 4.20. The quantitative estimate of drug-likeness (QED) is 0.195. The summed E-state index contributed by atoms with van der Waals surface area (Å²) in [7, 11) is 0. The van der Waals surface area contributed by atoms with E-state index in [0.717, 1.165) is 48.9 Å². The molecule has 4 nitrogen and oxygen atoms in total. The van der Waals surface area contributed by atoms with E-state index in [-0.39, 0.29) is 36.6 Å². The van der Waals surface area contributed by atoms with Gasteiger partial charge in [-0.3, -0.25) is 4.99 Å². The zero-order valence-electron chi connectivity index (χ0n) is 22.5. The van der Waals surface area contributed by atoms with Crippen LogP contribution in [0.4, 0.5) is 16.0 Å². The maximum Gasteiger partial charge on any atom is 0.278 e. The van der Waals surface area contributed by atoms with E-state index in [2.05, 4.69) is 24.3 Å². The highest BCUT2D eigenvalue weighted by molar-refractivity contribution is 8.18. The average Bonchev–Trinajstić information content (AvgIpc) is 3.51. The lowest BCUT2D eigenvalue weighted by atomic mass is 10.0. The highest BCUT2D eigenvalue weighted by Crippen LogP contribution is 2.56. The van der Waals surface area contributed by atoms with Crippen LogP contribution in [0.2, 0.25) is 0 Å². The summed E-state index contributed by atoms with van der Waals surface area (Å²) >= 11 is 4.60. The molecule has 0 unspecified atom stereocenters. The van der Waals surface area contributed by atoms with Crippen molar-refractivity contribution >= 4 is 40.3 Å². The molecule has 0 aliphatic heterocycles. The van der Waals surface area contributed by atoms with Crippen LogP contribution in [0.5, 0.6) is 0 Å². The number of benzene rings is 2. The molecule has 2 aliphatic rings. The number of aliphatic imine (C=N–C) groups is 1. The molecule has 0 heterocycles. The highest BCUT2D eigenvalue weighted by atomic mass is 35.5. The topological polar surface area (TPSA) is 61.8 Å². The summed E-state index contributed by atoms with van der Waals surface area (Å²) in [6.45, 7) is 3.14. The molecule has 2 aromatic carbocycles. The van der Waals surface area contributed by atoms with Crippen molar-refractivity contribution in [2.24, 2.45) is 10.7 Å². The average molecular weight is 615 g/mol. The molecule has 4 atom stereocenters. The van der Waals surface area contributed by atoms with Crippen LogP contribution >= 0.6 is 34.6 Å².